The van der Waals surface area contributed by atoms with Crippen LogP contribution >= 0.6 is 27.3 Å². The van der Waals surface area contributed by atoms with Crippen LogP contribution in [-0.2, 0) is 0 Å². The van der Waals surface area contributed by atoms with Gasteiger partial charge in [-0.15, -0.1) is 0 Å². The number of halogens is 1. The molecule has 38 heavy (non-hydrogen) atoms. The fourth-order valence-electron chi connectivity index (χ4n) is 4.31. The van der Waals surface area contributed by atoms with Gasteiger partial charge in [-0.1, -0.05) is 69.7 Å². The lowest BCUT2D eigenvalue weighted by atomic mass is 10.0. The summed E-state index contributed by atoms with van der Waals surface area (Å²) in [6.45, 7) is 0. The molecule has 0 saturated carbocycles. The molecular weight excluding hydrogens is 566 g/mol. The van der Waals surface area contributed by atoms with Crippen LogP contribution in [0.4, 0.5) is 5.69 Å². The first-order valence-electron chi connectivity index (χ1n) is 11.7. The van der Waals surface area contributed by atoms with Crippen molar-refractivity contribution in [3.8, 4) is 11.3 Å². The van der Waals surface area contributed by atoms with Crippen LogP contribution in [0.3, 0.4) is 0 Å². The zero-order valence-corrected chi connectivity index (χ0v) is 22.1. The minimum atomic E-state index is -0.443. The molecule has 6 rings (SSSR count). The fraction of sp³-hybridized carbons (Fsp3) is 0.0345. The highest BCUT2D eigenvalue weighted by Crippen LogP contribution is 2.28. The molecule has 0 bridgehead atoms. The monoisotopic (exact) mass is 583 g/mol. The van der Waals surface area contributed by atoms with Crippen LogP contribution in [0.1, 0.15) is 22.9 Å². The molecule has 0 N–H and O–H groups in total. The first kappa shape index (κ1) is 24.0. The third-order valence-electron chi connectivity index (χ3n) is 6.19. The first-order valence-corrected chi connectivity index (χ1v) is 13.3. The first-order chi connectivity index (χ1) is 18.5. The predicted octanol–water partition coefficient (Wildman–Crippen LogP) is 5.93. The Bertz CT molecular complexity index is 1870. The van der Waals surface area contributed by atoms with Gasteiger partial charge in [0.2, 0.25) is 0 Å². The number of aromatic nitrogens is 1. The van der Waals surface area contributed by atoms with Crippen molar-refractivity contribution in [1.82, 2.24) is 4.57 Å². The summed E-state index contributed by atoms with van der Waals surface area (Å²) in [6.07, 6.45) is 3.73. The average Bonchev–Trinajstić information content (AvgIpc) is 3.53. The van der Waals surface area contributed by atoms with Crippen molar-refractivity contribution < 1.29 is 9.34 Å². The molecule has 0 saturated heterocycles. The van der Waals surface area contributed by atoms with E-state index in [1.54, 1.807) is 34.9 Å². The number of nitro benzene ring substituents is 1. The molecule has 0 radical (unpaired) electrons. The van der Waals surface area contributed by atoms with Gasteiger partial charge in [-0.2, -0.15) is 0 Å². The van der Waals surface area contributed by atoms with Crippen molar-refractivity contribution in [1.29, 1.82) is 0 Å². The molecule has 0 amide bonds. The molecule has 9 heteroatoms. The molecule has 0 spiro atoms. The summed E-state index contributed by atoms with van der Waals surface area (Å²) in [7, 11) is 0. The number of hydrogen-bond acceptors (Lipinski definition) is 6. The number of fused-ring (bicyclic) bond motifs is 1. The zero-order valence-electron chi connectivity index (χ0n) is 19.7. The second-order valence-electron chi connectivity index (χ2n) is 8.60. The van der Waals surface area contributed by atoms with Crippen LogP contribution in [0.2, 0.25) is 0 Å². The molecule has 1 aliphatic rings. The minimum Gasteiger partial charge on any atom is -0.457 e. The number of furan rings is 1. The Morgan fingerprint density at radius 1 is 0.947 bits per heavy atom. The molecule has 1 unspecified atom stereocenters. The lowest BCUT2D eigenvalue weighted by molar-refractivity contribution is -0.384. The zero-order chi connectivity index (χ0) is 26.2. The molecule has 7 nitrogen and oxygen atoms in total. The van der Waals surface area contributed by atoms with Gasteiger partial charge >= 0.3 is 0 Å². The van der Waals surface area contributed by atoms with Crippen LogP contribution in [0, 0.1) is 10.1 Å². The van der Waals surface area contributed by atoms with E-state index >= 15 is 0 Å². The van der Waals surface area contributed by atoms with Crippen LogP contribution in [-0.4, -0.2) is 9.49 Å². The highest BCUT2D eigenvalue weighted by atomic mass is 79.9. The standard InChI is InChI=1S/C29H18BrN3O4S/c30-21-10-6-19(7-11-21)25-17-24(18-4-2-1-3-5-18)31-29-32(25)28(34)27(38-29)16-23-14-15-26(37-23)20-8-12-22(13-9-20)33(35)36/h1-17,25H. The fourth-order valence-corrected chi connectivity index (χ4v) is 5.57. The molecule has 2 aromatic heterocycles. The van der Waals surface area contributed by atoms with E-state index in [1.807, 2.05) is 60.7 Å². The lowest BCUT2D eigenvalue weighted by Crippen LogP contribution is -2.36. The Balaban J connectivity index is 1.44. The lowest BCUT2D eigenvalue weighted by Gasteiger charge is -2.19. The van der Waals surface area contributed by atoms with E-state index in [0.29, 0.717) is 26.4 Å². The van der Waals surface area contributed by atoms with E-state index in [4.69, 9.17) is 9.41 Å². The maximum absolute atomic E-state index is 13.6. The smallest absolute Gasteiger partial charge is 0.271 e. The summed E-state index contributed by atoms with van der Waals surface area (Å²) in [4.78, 5) is 29.6. The Labute approximate surface area is 228 Å². The summed E-state index contributed by atoms with van der Waals surface area (Å²) in [5, 5.41) is 10.9. The third-order valence-corrected chi connectivity index (χ3v) is 7.70. The van der Waals surface area contributed by atoms with E-state index in [1.165, 1.54) is 23.5 Å². The van der Waals surface area contributed by atoms with Crippen molar-refractivity contribution in [3.63, 3.8) is 0 Å². The van der Waals surface area contributed by atoms with Crippen molar-refractivity contribution in [3.05, 3.63) is 148 Å². The number of non-ortho nitro benzene ring substituents is 1. The predicted molar refractivity (Wildman–Crippen MR) is 150 cm³/mol. The van der Waals surface area contributed by atoms with Gasteiger partial charge in [0.05, 0.1) is 21.2 Å². The SMILES string of the molecule is O=c1c(=Cc2ccc(-c3ccc([N+](=O)[O-])cc3)o2)sc2n1C(c1ccc(Br)cc1)C=C(c1ccccc1)N=2. The van der Waals surface area contributed by atoms with Gasteiger partial charge in [0.25, 0.3) is 11.2 Å². The second kappa shape index (κ2) is 9.85. The van der Waals surface area contributed by atoms with Crippen LogP contribution in [0.5, 0.6) is 0 Å². The van der Waals surface area contributed by atoms with E-state index in [9.17, 15) is 14.9 Å². The molecule has 0 aliphatic carbocycles. The van der Waals surface area contributed by atoms with Crippen molar-refractivity contribution >= 4 is 44.7 Å². The third kappa shape index (κ3) is 4.57. The van der Waals surface area contributed by atoms with E-state index < -0.39 is 4.92 Å². The maximum atomic E-state index is 13.6. The van der Waals surface area contributed by atoms with E-state index in [0.717, 1.165) is 21.3 Å². The molecule has 1 aliphatic heterocycles. The molecule has 186 valence electrons. The summed E-state index contributed by atoms with van der Waals surface area (Å²) >= 11 is 4.80. The van der Waals surface area contributed by atoms with Crippen molar-refractivity contribution in [2.24, 2.45) is 4.99 Å². The highest BCUT2D eigenvalue weighted by molar-refractivity contribution is 9.10. The van der Waals surface area contributed by atoms with Gasteiger partial charge in [0.1, 0.15) is 11.5 Å². The molecule has 5 aromatic rings. The molecule has 0 fully saturated rings. The summed E-state index contributed by atoms with van der Waals surface area (Å²) in [6, 6.07) is 27.2. The topological polar surface area (TPSA) is 90.6 Å². The van der Waals surface area contributed by atoms with Gasteiger partial charge in [-0.3, -0.25) is 19.5 Å². The number of nitrogens with zero attached hydrogens (tertiary/aromatic N) is 3. The number of allylic oxidation sites excluding steroid dienone is 1. The van der Waals surface area contributed by atoms with Gasteiger partial charge < -0.3 is 4.42 Å². The maximum Gasteiger partial charge on any atom is 0.271 e. The largest absolute Gasteiger partial charge is 0.457 e. The Kier molecular flexibility index (Phi) is 6.22. The van der Waals surface area contributed by atoms with Crippen molar-refractivity contribution in [2.75, 3.05) is 0 Å². The summed E-state index contributed by atoms with van der Waals surface area (Å²) in [5.41, 5.74) is 3.33. The molecule has 3 aromatic carbocycles. The second-order valence-corrected chi connectivity index (χ2v) is 10.5. The van der Waals surface area contributed by atoms with Gasteiger partial charge in [-0.05, 0) is 53.6 Å². The van der Waals surface area contributed by atoms with E-state index in [-0.39, 0.29) is 17.3 Å². The normalized spacial score (nSPS) is 15.0. The molecular formula is C29H18BrN3O4S. The number of hydrogen-bond donors (Lipinski definition) is 0. The van der Waals surface area contributed by atoms with Crippen LogP contribution in [0.25, 0.3) is 23.1 Å². The number of rotatable bonds is 5. The summed E-state index contributed by atoms with van der Waals surface area (Å²) in [5.74, 6) is 1.06. The van der Waals surface area contributed by atoms with Gasteiger partial charge in [-0.25, -0.2) is 4.99 Å². The summed E-state index contributed by atoms with van der Waals surface area (Å²) < 4.78 is 9.13. The van der Waals surface area contributed by atoms with Crippen LogP contribution in [0.15, 0.2) is 116 Å². The number of thiazole rings is 1. The average molecular weight is 584 g/mol. The van der Waals surface area contributed by atoms with Gasteiger partial charge in [0.15, 0.2) is 4.80 Å². The Morgan fingerprint density at radius 3 is 2.39 bits per heavy atom. The highest BCUT2D eigenvalue weighted by Gasteiger charge is 2.22. The Morgan fingerprint density at radius 2 is 1.68 bits per heavy atom. The van der Waals surface area contributed by atoms with Crippen LogP contribution < -0.4 is 14.9 Å². The minimum absolute atomic E-state index is 0.0110. The van der Waals surface area contributed by atoms with Gasteiger partial charge in [0, 0.05) is 28.2 Å². The quantitative estimate of drug-likeness (QED) is 0.189. The molecule has 3 heterocycles. The molecule has 1 atom stereocenters. The van der Waals surface area contributed by atoms with E-state index in [2.05, 4.69) is 15.9 Å². The number of benzene rings is 3. The Hall–Kier alpha value is -4.34. The van der Waals surface area contributed by atoms with Crippen molar-refractivity contribution in [2.45, 2.75) is 6.04 Å². The number of nitro groups is 1.